The predicted molar refractivity (Wildman–Crippen MR) is 75.2 cm³/mol. The Hall–Kier alpha value is -0.160. The Morgan fingerprint density at radius 1 is 1.26 bits per heavy atom. The van der Waals surface area contributed by atoms with Crippen molar-refractivity contribution >= 4 is 0 Å². The smallest absolute Gasteiger partial charge is 0.0897 e. The second-order valence-corrected chi connectivity index (χ2v) is 6.03. The van der Waals surface area contributed by atoms with Gasteiger partial charge in [0.1, 0.15) is 0 Å². The normalized spacial score (nSPS) is 30.6. The lowest BCUT2D eigenvalue weighted by molar-refractivity contribution is -0.0232. The van der Waals surface area contributed by atoms with E-state index in [1.54, 1.807) is 0 Å². The Balaban J connectivity index is 1.50. The number of ether oxygens (including phenoxy) is 2. The molecule has 2 aliphatic rings. The van der Waals surface area contributed by atoms with Crippen molar-refractivity contribution in [1.82, 2.24) is 5.32 Å². The average molecular weight is 271 g/mol. The highest BCUT2D eigenvalue weighted by atomic mass is 16.5. The molecule has 2 rings (SSSR count). The van der Waals surface area contributed by atoms with Gasteiger partial charge in [-0.05, 0) is 32.1 Å². The minimum absolute atomic E-state index is 0.350. The van der Waals surface area contributed by atoms with Crippen molar-refractivity contribution in [3.8, 4) is 0 Å². The van der Waals surface area contributed by atoms with E-state index in [-0.39, 0.29) is 6.10 Å². The minimum atomic E-state index is -0.389. The number of aliphatic hydroxyl groups is 1. The molecule has 0 aromatic rings. The van der Waals surface area contributed by atoms with Crippen molar-refractivity contribution in [2.75, 3.05) is 26.3 Å². The van der Waals surface area contributed by atoms with Crippen LogP contribution in [0.4, 0.5) is 0 Å². The average Bonchev–Trinajstić information content (AvgIpc) is 2.83. The first-order valence-corrected chi connectivity index (χ1v) is 7.87. The topological polar surface area (TPSA) is 50.7 Å². The Morgan fingerprint density at radius 3 is 2.74 bits per heavy atom. The van der Waals surface area contributed by atoms with E-state index in [1.807, 2.05) is 0 Å². The zero-order valence-electron chi connectivity index (χ0n) is 12.1. The van der Waals surface area contributed by atoms with Gasteiger partial charge in [-0.3, -0.25) is 0 Å². The van der Waals surface area contributed by atoms with Crippen LogP contribution in [0.5, 0.6) is 0 Å². The van der Waals surface area contributed by atoms with Crippen LogP contribution in [0.3, 0.4) is 0 Å². The van der Waals surface area contributed by atoms with Crippen LogP contribution in [0.15, 0.2) is 0 Å². The van der Waals surface area contributed by atoms with E-state index in [2.05, 4.69) is 12.2 Å². The first-order chi connectivity index (χ1) is 9.25. The van der Waals surface area contributed by atoms with E-state index in [9.17, 15) is 5.11 Å². The SMILES string of the molecule is CC1OCCC1CNCC(O)COC1CCCCC1. The van der Waals surface area contributed by atoms with Gasteiger partial charge in [-0.25, -0.2) is 0 Å². The van der Waals surface area contributed by atoms with Crippen molar-refractivity contribution in [3.63, 3.8) is 0 Å². The summed E-state index contributed by atoms with van der Waals surface area (Å²) in [6.07, 6.45) is 7.69. The summed E-state index contributed by atoms with van der Waals surface area (Å²) in [4.78, 5) is 0. The van der Waals surface area contributed by atoms with Crippen molar-refractivity contribution < 1.29 is 14.6 Å². The maximum Gasteiger partial charge on any atom is 0.0897 e. The fourth-order valence-corrected chi connectivity index (χ4v) is 3.02. The van der Waals surface area contributed by atoms with Crippen LogP contribution in [-0.4, -0.2) is 49.7 Å². The Labute approximate surface area is 116 Å². The molecule has 1 heterocycles. The van der Waals surface area contributed by atoms with Crippen LogP contribution >= 0.6 is 0 Å². The first-order valence-electron chi connectivity index (χ1n) is 7.87. The third-order valence-corrected chi connectivity index (χ3v) is 4.40. The van der Waals surface area contributed by atoms with E-state index in [4.69, 9.17) is 9.47 Å². The van der Waals surface area contributed by atoms with E-state index < -0.39 is 0 Å². The quantitative estimate of drug-likeness (QED) is 0.740. The lowest BCUT2D eigenvalue weighted by Crippen LogP contribution is -2.36. The number of hydrogen-bond donors (Lipinski definition) is 2. The number of hydrogen-bond acceptors (Lipinski definition) is 4. The zero-order chi connectivity index (χ0) is 13.5. The molecule has 1 saturated heterocycles. The highest BCUT2D eigenvalue weighted by molar-refractivity contribution is 4.75. The summed E-state index contributed by atoms with van der Waals surface area (Å²) >= 11 is 0. The first kappa shape index (κ1) is 15.2. The third-order valence-electron chi connectivity index (χ3n) is 4.40. The van der Waals surface area contributed by atoms with Crippen LogP contribution in [0, 0.1) is 5.92 Å². The van der Waals surface area contributed by atoms with Crippen LogP contribution < -0.4 is 5.32 Å². The fraction of sp³-hybridized carbons (Fsp3) is 1.00. The Kier molecular flexibility index (Phi) is 6.57. The van der Waals surface area contributed by atoms with Gasteiger partial charge in [0.05, 0.1) is 24.9 Å². The molecular formula is C15H29NO3. The van der Waals surface area contributed by atoms with Gasteiger partial charge < -0.3 is 19.9 Å². The van der Waals surface area contributed by atoms with Gasteiger partial charge in [-0.15, -0.1) is 0 Å². The molecule has 0 bridgehead atoms. The summed E-state index contributed by atoms with van der Waals surface area (Å²) in [5.74, 6) is 0.589. The molecular weight excluding hydrogens is 242 g/mol. The summed E-state index contributed by atoms with van der Waals surface area (Å²) < 4.78 is 11.3. The second-order valence-electron chi connectivity index (χ2n) is 6.03. The number of rotatable bonds is 7. The molecule has 1 saturated carbocycles. The highest BCUT2D eigenvalue weighted by Gasteiger charge is 2.23. The van der Waals surface area contributed by atoms with Gasteiger partial charge in [0.2, 0.25) is 0 Å². The van der Waals surface area contributed by atoms with Crippen molar-refractivity contribution in [2.45, 2.75) is 63.8 Å². The molecule has 4 nitrogen and oxygen atoms in total. The van der Waals surface area contributed by atoms with Crippen LogP contribution in [0.1, 0.15) is 45.4 Å². The van der Waals surface area contributed by atoms with Gasteiger partial charge in [0.15, 0.2) is 0 Å². The Morgan fingerprint density at radius 2 is 2.05 bits per heavy atom. The van der Waals surface area contributed by atoms with E-state index in [1.165, 1.54) is 19.3 Å². The molecule has 112 valence electrons. The van der Waals surface area contributed by atoms with Crippen molar-refractivity contribution in [2.24, 2.45) is 5.92 Å². The standard InChI is InChI=1S/C15H29NO3/c1-12-13(7-8-18-12)9-16-10-14(17)11-19-15-5-3-2-4-6-15/h12-17H,2-11H2,1H3. The maximum atomic E-state index is 9.90. The molecule has 3 unspecified atom stereocenters. The molecule has 19 heavy (non-hydrogen) atoms. The summed E-state index contributed by atoms with van der Waals surface area (Å²) in [5.41, 5.74) is 0. The fourth-order valence-electron chi connectivity index (χ4n) is 3.02. The molecule has 0 spiro atoms. The molecule has 1 aliphatic heterocycles. The lowest BCUT2D eigenvalue weighted by atomic mass is 9.98. The maximum absolute atomic E-state index is 9.90. The van der Waals surface area contributed by atoms with Crippen LogP contribution in [0.2, 0.25) is 0 Å². The molecule has 2 fully saturated rings. The third kappa shape index (κ3) is 5.38. The van der Waals surface area contributed by atoms with Crippen molar-refractivity contribution in [3.05, 3.63) is 0 Å². The molecule has 0 radical (unpaired) electrons. The number of aliphatic hydroxyl groups excluding tert-OH is 1. The summed E-state index contributed by atoms with van der Waals surface area (Å²) in [5, 5.41) is 13.2. The van der Waals surface area contributed by atoms with Crippen LogP contribution in [0.25, 0.3) is 0 Å². The minimum Gasteiger partial charge on any atom is -0.389 e. The largest absolute Gasteiger partial charge is 0.389 e. The van der Waals surface area contributed by atoms with E-state index in [0.29, 0.717) is 31.3 Å². The molecule has 2 N–H and O–H groups in total. The highest BCUT2D eigenvalue weighted by Crippen LogP contribution is 2.20. The molecule has 0 amide bonds. The van der Waals surface area contributed by atoms with Crippen LogP contribution in [-0.2, 0) is 9.47 Å². The van der Waals surface area contributed by atoms with Crippen molar-refractivity contribution in [1.29, 1.82) is 0 Å². The monoisotopic (exact) mass is 271 g/mol. The van der Waals surface area contributed by atoms with Gasteiger partial charge in [-0.2, -0.15) is 0 Å². The lowest BCUT2D eigenvalue weighted by Gasteiger charge is -2.24. The molecule has 0 aromatic heterocycles. The molecule has 3 atom stereocenters. The zero-order valence-corrected chi connectivity index (χ0v) is 12.1. The predicted octanol–water partition coefficient (Wildman–Crippen LogP) is 1.71. The summed E-state index contributed by atoms with van der Waals surface area (Å²) in [7, 11) is 0. The van der Waals surface area contributed by atoms with Gasteiger partial charge in [-0.1, -0.05) is 19.3 Å². The van der Waals surface area contributed by atoms with Gasteiger partial charge in [0.25, 0.3) is 0 Å². The van der Waals surface area contributed by atoms with E-state index in [0.717, 1.165) is 32.4 Å². The summed E-state index contributed by atoms with van der Waals surface area (Å²) in [6.45, 7) is 5.02. The van der Waals surface area contributed by atoms with Gasteiger partial charge in [0, 0.05) is 19.7 Å². The summed E-state index contributed by atoms with van der Waals surface area (Å²) in [6, 6.07) is 0. The molecule has 4 heteroatoms. The van der Waals surface area contributed by atoms with E-state index >= 15 is 0 Å². The Bertz CT molecular complexity index is 244. The number of nitrogens with one attached hydrogen (secondary N) is 1. The second kappa shape index (κ2) is 8.20. The molecule has 1 aliphatic carbocycles. The molecule has 0 aromatic carbocycles. The van der Waals surface area contributed by atoms with Gasteiger partial charge >= 0.3 is 0 Å².